The smallest absolute Gasteiger partial charge is 0.273 e. The van der Waals surface area contributed by atoms with E-state index < -0.39 is 0 Å². The molecule has 0 unspecified atom stereocenters. The summed E-state index contributed by atoms with van der Waals surface area (Å²) < 4.78 is 6.70. The zero-order valence-corrected chi connectivity index (χ0v) is 17.5. The molecule has 0 saturated carbocycles. The van der Waals surface area contributed by atoms with Crippen LogP contribution in [0.25, 0.3) is 11.0 Å². The lowest BCUT2D eigenvalue weighted by atomic mass is 10.3. The number of fused-ring (bicyclic) bond motifs is 1. The first-order chi connectivity index (χ1) is 15.7. The first-order valence-corrected chi connectivity index (χ1v) is 10.3. The van der Waals surface area contributed by atoms with Crippen LogP contribution in [0, 0.1) is 6.92 Å². The molecule has 164 valence electrons. The Balaban J connectivity index is 1.24. The van der Waals surface area contributed by atoms with E-state index in [0.717, 1.165) is 49.0 Å². The van der Waals surface area contributed by atoms with Crippen LogP contribution in [-0.4, -0.2) is 73.5 Å². The van der Waals surface area contributed by atoms with Crippen molar-refractivity contribution >= 4 is 28.7 Å². The minimum Gasteiger partial charge on any atom is -0.361 e. The monoisotopic (exact) mass is 434 g/mol. The Hall–Kier alpha value is -4.09. The van der Waals surface area contributed by atoms with Crippen LogP contribution in [0.2, 0.25) is 0 Å². The third kappa shape index (κ3) is 3.94. The van der Waals surface area contributed by atoms with Gasteiger partial charge in [-0.25, -0.2) is 24.6 Å². The van der Waals surface area contributed by atoms with Gasteiger partial charge in [-0.2, -0.15) is 5.10 Å². The molecule has 12 heteroatoms. The Labute approximate surface area is 183 Å². The second-order valence-corrected chi connectivity index (χ2v) is 7.40. The van der Waals surface area contributed by atoms with Crippen LogP contribution < -0.4 is 15.1 Å². The van der Waals surface area contributed by atoms with E-state index in [9.17, 15) is 4.79 Å². The quantitative estimate of drug-likeness (QED) is 0.462. The van der Waals surface area contributed by atoms with E-state index in [4.69, 9.17) is 4.52 Å². The maximum atomic E-state index is 12.1. The predicted molar refractivity (Wildman–Crippen MR) is 115 cm³/mol. The Morgan fingerprint density at radius 3 is 2.62 bits per heavy atom. The Kier molecular flexibility index (Phi) is 5.32. The molecule has 4 aromatic rings. The predicted octanol–water partition coefficient (Wildman–Crippen LogP) is 0.669. The van der Waals surface area contributed by atoms with Crippen molar-refractivity contribution in [2.24, 2.45) is 0 Å². The molecular weight excluding hydrogens is 412 g/mol. The van der Waals surface area contributed by atoms with Crippen LogP contribution in [0.15, 0.2) is 41.6 Å². The molecule has 0 radical (unpaired) electrons. The van der Waals surface area contributed by atoms with E-state index in [2.05, 4.69) is 45.3 Å². The molecular formula is C20H22N10O2. The van der Waals surface area contributed by atoms with Crippen molar-refractivity contribution in [2.75, 3.05) is 42.5 Å². The summed E-state index contributed by atoms with van der Waals surface area (Å²) in [6.45, 7) is 5.80. The zero-order chi connectivity index (χ0) is 21.9. The molecule has 12 nitrogen and oxygen atoms in total. The number of hydrogen-bond donors (Lipinski definition) is 1. The number of nitrogens with one attached hydrogen (secondary N) is 1. The Bertz CT molecular complexity index is 1210. The van der Waals surface area contributed by atoms with Crippen molar-refractivity contribution in [2.45, 2.75) is 13.5 Å². The molecule has 4 aromatic heterocycles. The molecule has 0 aromatic carbocycles. The molecule has 1 saturated heterocycles. The van der Waals surface area contributed by atoms with Gasteiger partial charge in [0.05, 0.1) is 18.1 Å². The van der Waals surface area contributed by atoms with E-state index in [0.29, 0.717) is 18.8 Å². The molecule has 1 aliphatic rings. The van der Waals surface area contributed by atoms with Gasteiger partial charge in [0.15, 0.2) is 11.3 Å². The number of hydrogen-bond acceptors (Lipinski definition) is 10. The van der Waals surface area contributed by atoms with Gasteiger partial charge in [-0.1, -0.05) is 5.16 Å². The zero-order valence-electron chi connectivity index (χ0n) is 17.5. The van der Waals surface area contributed by atoms with Gasteiger partial charge in [-0.05, 0) is 13.0 Å². The van der Waals surface area contributed by atoms with Crippen molar-refractivity contribution in [3.8, 4) is 0 Å². The van der Waals surface area contributed by atoms with Crippen LogP contribution in [0.3, 0.4) is 0 Å². The average molecular weight is 434 g/mol. The van der Waals surface area contributed by atoms with Gasteiger partial charge in [0.25, 0.3) is 5.91 Å². The number of aryl methyl sites for hydroxylation is 1. The summed E-state index contributed by atoms with van der Waals surface area (Å²) >= 11 is 0. The molecule has 0 spiro atoms. The van der Waals surface area contributed by atoms with Crippen molar-refractivity contribution in [3.05, 3.63) is 48.5 Å². The number of rotatable bonds is 6. The summed E-state index contributed by atoms with van der Waals surface area (Å²) in [5, 5.41) is 11.9. The Morgan fingerprint density at radius 2 is 1.88 bits per heavy atom. The summed E-state index contributed by atoms with van der Waals surface area (Å²) in [6.07, 6.45) is 6.85. The van der Waals surface area contributed by atoms with E-state index in [1.165, 1.54) is 0 Å². The van der Waals surface area contributed by atoms with Crippen LogP contribution in [-0.2, 0) is 6.54 Å². The van der Waals surface area contributed by atoms with E-state index in [-0.39, 0.29) is 11.6 Å². The average Bonchev–Trinajstić information content (AvgIpc) is 3.46. The number of nitrogens with zero attached hydrogens (tertiary/aromatic N) is 9. The molecule has 1 fully saturated rings. The summed E-state index contributed by atoms with van der Waals surface area (Å²) in [5.41, 5.74) is 0.993. The standard InChI is InChI=1S/C20H22N10O2/c1-14-11-16(27-32-14)19(31)21-5-6-30-18-15(12-26-30)17(24-13-25-18)28-7-9-29(10-8-28)20-22-3-2-4-23-20/h2-4,11-13H,5-10H2,1H3,(H,21,31). The highest BCUT2D eigenvalue weighted by atomic mass is 16.5. The number of piperazine rings is 1. The van der Waals surface area contributed by atoms with Crippen LogP contribution >= 0.6 is 0 Å². The molecule has 0 atom stereocenters. The summed E-state index contributed by atoms with van der Waals surface area (Å²) in [5.74, 6) is 1.91. The molecule has 1 aliphatic heterocycles. The van der Waals surface area contributed by atoms with E-state index >= 15 is 0 Å². The minimum atomic E-state index is -0.283. The fraction of sp³-hybridized carbons (Fsp3) is 0.350. The molecule has 0 aliphatic carbocycles. The van der Waals surface area contributed by atoms with Gasteiger partial charge in [0, 0.05) is 51.2 Å². The van der Waals surface area contributed by atoms with E-state index in [1.807, 2.05) is 6.07 Å². The lowest BCUT2D eigenvalue weighted by molar-refractivity contribution is 0.0943. The third-order valence-corrected chi connectivity index (χ3v) is 5.30. The summed E-state index contributed by atoms with van der Waals surface area (Å²) in [4.78, 5) is 34.1. The normalized spacial score (nSPS) is 14.2. The highest BCUT2D eigenvalue weighted by Gasteiger charge is 2.22. The fourth-order valence-corrected chi connectivity index (χ4v) is 3.71. The highest BCUT2D eigenvalue weighted by molar-refractivity contribution is 5.92. The summed E-state index contributed by atoms with van der Waals surface area (Å²) in [6, 6.07) is 3.41. The molecule has 32 heavy (non-hydrogen) atoms. The van der Waals surface area contributed by atoms with Crippen molar-refractivity contribution in [3.63, 3.8) is 0 Å². The SMILES string of the molecule is Cc1cc(C(=O)NCCn2ncc3c(N4CCN(c5ncccn5)CC4)ncnc32)no1. The Morgan fingerprint density at radius 1 is 1.09 bits per heavy atom. The number of aromatic nitrogens is 7. The van der Waals surface area contributed by atoms with Crippen molar-refractivity contribution in [1.29, 1.82) is 0 Å². The molecule has 0 bridgehead atoms. The first-order valence-electron chi connectivity index (χ1n) is 10.3. The minimum absolute atomic E-state index is 0.262. The fourth-order valence-electron chi connectivity index (χ4n) is 3.71. The van der Waals surface area contributed by atoms with E-state index in [1.54, 1.807) is 42.6 Å². The van der Waals surface area contributed by atoms with Gasteiger partial charge < -0.3 is 19.6 Å². The van der Waals surface area contributed by atoms with Gasteiger partial charge in [-0.15, -0.1) is 0 Å². The van der Waals surface area contributed by atoms with Crippen molar-refractivity contribution < 1.29 is 9.32 Å². The summed E-state index contributed by atoms with van der Waals surface area (Å²) in [7, 11) is 0. The second-order valence-electron chi connectivity index (χ2n) is 7.40. The van der Waals surface area contributed by atoms with Gasteiger partial charge in [-0.3, -0.25) is 4.79 Å². The molecule has 5 heterocycles. The first kappa shape index (κ1) is 19.8. The van der Waals surface area contributed by atoms with Crippen LogP contribution in [0.4, 0.5) is 11.8 Å². The van der Waals surface area contributed by atoms with Gasteiger partial charge >= 0.3 is 0 Å². The molecule has 1 N–H and O–H groups in total. The lowest BCUT2D eigenvalue weighted by Gasteiger charge is -2.35. The van der Waals surface area contributed by atoms with Crippen LogP contribution in [0.5, 0.6) is 0 Å². The third-order valence-electron chi connectivity index (χ3n) is 5.30. The van der Waals surface area contributed by atoms with Gasteiger partial charge in [0.1, 0.15) is 17.9 Å². The topological polar surface area (TPSA) is 131 Å². The maximum Gasteiger partial charge on any atom is 0.273 e. The molecule has 5 rings (SSSR count). The number of carbonyl (C=O) groups excluding carboxylic acids is 1. The number of anilines is 2. The lowest BCUT2D eigenvalue weighted by Crippen LogP contribution is -2.47. The van der Waals surface area contributed by atoms with Crippen molar-refractivity contribution in [1.82, 2.24) is 40.2 Å². The maximum absolute atomic E-state index is 12.1. The largest absolute Gasteiger partial charge is 0.361 e. The second kappa shape index (κ2) is 8.57. The number of amides is 1. The highest BCUT2D eigenvalue weighted by Crippen LogP contribution is 2.24. The molecule has 1 amide bonds. The van der Waals surface area contributed by atoms with Crippen LogP contribution in [0.1, 0.15) is 16.2 Å². The van der Waals surface area contributed by atoms with Gasteiger partial charge in [0.2, 0.25) is 5.95 Å². The number of carbonyl (C=O) groups is 1.